The zero-order chi connectivity index (χ0) is 38.9. The van der Waals surface area contributed by atoms with Gasteiger partial charge in [0.25, 0.3) is 0 Å². The van der Waals surface area contributed by atoms with Gasteiger partial charge in [-0.15, -0.1) is 42.0 Å². The molecule has 0 atom stereocenters. The van der Waals surface area contributed by atoms with Gasteiger partial charge in [0.1, 0.15) is 0 Å². The van der Waals surface area contributed by atoms with Crippen molar-refractivity contribution in [2.45, 2.75) is 13.7 Å². The summed E-state index contributed by atoms with van der Waals surface area (Å²) in [5.41, 5.74) is 10.3. The number of aryl methyl sites for hydroxylation is 2. The molecule has 0 bridgehead atoms. The molecule has 5 heteroatoms. The first-order chi connectivity index (χ1) is 27.1. The number of pyridine rings is 1. The molecule has 0 aliphatic carbocycles. The van der Waals surface area contributed by atoms with Crippen LogP contribution in [0.15, 0.2) is 168 Å². The third kappa shape index (κ3) is 6.82. The van der Waals surface area contributed by atoms with E-state index >= 15 is 0 Å². The van der Waals surface area contributed by atoms with E-state index in [1.165, 1.54) is 6.20 Å². The molecule has 9 aromatic rings. The summed E-state index contributed by atoms with van der Waals surface area (Å²) in [6.45, 7) is -4.32. The molecule has 51 heavy (non-hydrogen) atoms. The van der Waals surface area contributed by atoms with Crippen LogP contribution in [0.2, 0.25) is 0 Å². The van der Waals surface area contributed by atoms with E-state index < -0.39 is 13.7 Å². The van der Waals surface area contributed by atoms with Crippen LogP contribution >= 0.6 is 0 Å². The van der Waals surface area contributed by atoms with Crippen molar-refractivity contribution < 1.29 is 32.7 Å². The fourth-order valence-corrected chi connectivity index (χ4v) is 6.15. The fourth-order valence-electron chi connectivity index (χ4n) is 6.15. The Kier molecular flexibility index (Phi) is 7.89. The summed E-state index contributed by atoms with van der Waals surface area (Å²) in [7, 11) is 0. The van der Waals surface area contributed by atoms with Gasteiger partial charge in [0.05, 0.1) is 22.5 Å². The molecular formula is C46H33IrN3O-2. The zero-order valence-electron chi connectivity index (χ0n) is 33.2. The molecule has 0 N–H and O–H groups in total. The fraction of sp³-hybridized carbons (Fsp3) is 0.0435. The number of imidazole rings is 1. The van der Waals surface area contributed by atoms with E-state index in [0.29, 0.717) is 17.0 Å². The molecule has 3 heterocycles. The predicted molar refractivity (Wildman–Crippen MR) is 204 cm³/mol. The normalized spacial score (nSPS) is 13.0. The van der Waals surface area contributed by atoms with Crippen LogP contribution in [0.3, 0.4) is 0 Å². The molecule has 0 fully saturated rings. The summed E-state index contributed by atoms with van der Waals surface area (Å²) in [5.74, 6) is 0.669. The van der Waals surface area contributed by atoms with Gasteiger partial charge >= 0.3 is 0 Å². The standard InChI is InChI=1S/C34H23N2O.C12H10N.Ir/c1-23-19-20-28-29(22-37-32(28)21-23)34-35-30-17-8-9-18-31(30)36(34)33-26(24-11-4-2-5-12-24)15-10-16-27(33)25-13-6-3-7-14-25;1-10-7-8-12(13-9-10)11-5-3-2-4-6-11;/h2-21H,1H3;2-5,7-9H,1H3;/q2*-1;/i2*1D3;. The van der Waals surface area contributed by atoms with Crippen LogP contribution in [0.4, 0.5) is 0 Å². The minimum Gasteiger partial charge on any atom is -0.557 e. The molecule has 0 amide bonds. The monoisotopic (exact) mass is 842 g/mol. The van der Waals surface area contributed by atoms with E-state index in [1.54, 1.807) is 36.4 Å². The van der Waals surface area contributed by atoms with Crippen molar-refractivity contribution in [2.75, 3.05) is 0 Å². The Balaban J connectivity index is 0.000000246. The largest absolute Gasteiger partial charge is 0.557 e. The zero-order valence-corrected chi connectivity index (χ0v) is 29.6. The Morgan fingerprint density at radius 1 is 0.667 bits per heavy atom. The van der Waals surface area contributed by atoms with Gasteiger partial charge in [0.2, 0.25) is 0 Å². The molecule has 249 valence electrons. The van der Waals surface area contributed by atoms with Crippen LogP contribution in [0.1, 0.15) is 19.4 Å². The van der Waals surface area contributed by atoms with Gasteiger partial charge in [0, 0.05) is 57.5 Å². The molecule has 0 saturated carbocycles. The van der Waals surface area contributed by atoms with Gasteiger partial charge in [-0.1, -0.05) is 132 Å². The quantitative estimate of drug-likeness (QED) is 0.162. The van der Waals surface area contributed by atoms with Crippen molar-refractivity contribution in [2.24, 2.45) is 0 Å². The second kappa shape index (κ2) is 14.9. The second-order valence-electron chi connectivity index (χ2n) is 11.7. The van der Waals surface area contributed by atoms with Crippen LogP contribution in [-0.2, 0) is 20.1 Å². The summed E-state index contributed by atoms with van der Waals surface area (Å²) in [6.07, 6.45) is 4.45. The number of aromatic nitrogens is 3. The third-order valence-corrected chi connectivity index (χ3v) is 8.48. The SMILES string of the molecule is [2H]C([2H])([2H])c1ccc(-c2[c-]cccc2)nc1.[2H]C([2H])([2H])c1ccc2c(-c3nc4ccccc4n3-c3c(-c4ccccc4)cccc3-c3ccccc3)[c-]oc2c1.[Ir]. The Morgan fingerprint density at radius 2 is 1.35 bits per heavy atom. The maximum Gasteiger partial charge on any atom is 0.0774 e. The molecule has 0 unspecified atom stereocenters. The van der Waals surface area contributed by atoms with Gasteiger partial charge in [-0.2, -0.15) is 0 Å². The Labute approximate surface area is 319 Å². The number of hydrogen-bond acceptors (Lipinski definition) is 3. The Bertz CT molecular complexity index is 2710. The second-order valence-corrected chi connectivity index (χ2v) is 11.7. The molecule has 1 radical (unpaired) electrons. The summed E-state index contributed by atoms with van der Waals surface area (Å²) in [6, 6.07) is 53.8. The first-order valence-corrected chi connectivity index (χ1v) is 16.2. The average molecular weight is 842 g/mol. The van der Waals surface area contributed by atoms with Gasteiger partial charge in [0.15, 0.2) is 0 Å². The van der Waals surface area contributed by atoms with E-state index in [-0.39, 0.29) is 31.2 Å². The van der Waals surface area contributed by atoms with Crippen LogP contribution in [-0.4, -0.2) is 14.5 Å². The van der Waals surface area contributed by atoms with Gasteiger partial charge in [-0.25, -0.2) is 0 Å². The van der Waals surface area contributed by atoms with Crippen molar-refractivity contribution in [3.8, 4) is 50.6 Å². The molecule has 3 aromatic heterocycles. The molecule has 0 aliphatic rings. The van der Waals surface area contributed by atoms with Crippen LogP contribution in [0.25, 0.3) is 72.6 Å². The number of fused-ring (bicyclic) bond motifs is 2. The first-order valence-electron chi connectivity index (χ1n) is 19.2. The van der Waals surface area contributed by atoms with Crippen LogP contribution in [0, 0.1) is 26.0 Å². The van der Waals surface area contributed by atoms with Gasteiger partial charge in [-0.3, -0.25) is 4.98 Å². The number of nitrogens with zero attached hydrogens (tertiary/aromatic N) is 3. The maximum atomic E-state index is 7.81. The topological polar surface area (TPSA) is 43.9 Å². The predicted octanol–water partition coefficient (Wildman–Crippen LogP) is 11.7. The Hall–Kier alpha value is -5.87. The summed E-state index contributed by atoms with van der Waals surface area (Å²) in [4.78, 5) is 9.21. The summed E-state index contributed by atoms with van der Waals surface area (Å²) < 4.78 is 53.1. The van der Waals surface area contributed by atoms with E-state index in [1.807, 2.05) is 72.8 Å². The minimum absolute atomic E-state index is 0. The third-order valence-electron chi connectivity index (χ3n) is 8.48. The molecule has 0 spiro atoms. The van der Waals surface area contributed by atoms with Crippen molar-refractivity contribution in [3.05, 3.63) is 187 Å². The molecule has 0 aliphatic heterocycles. The Morgan fingerprint density at radius 3 is 2.02 bits per heavy atom. The van der Waals surface area contributed by atoms with E-state index in [4.69, 9.17) is 17.6 Å². The number of benzene rings is 6. The molecule has 6 aromatic carbocycles. The molecular weight excluding hydrogens is 803 g/mol. The average Bonchev–Trinajstić information content (AvgIpc) is 3.82. The van der Waals surface area contributed by atoms with E-state index in [2.05, 4.69) is 70.4 Å². The van der Waals surface area contributed by atoms with E-state index in [9.17, 15) is 0 Å². The smallest absolute Gasteiger partial charge is 0.0774 e. The summed E-state index contributed by atoms with van der Waals surface area (Å²) in [5, 5.41) is 0.753. The van der Waals surface area contributed by atoms with Crippen molar-refractivity contribution in [1.29, 1.82) is 0 Å². The minimum atomic E-state index is -2.23. The number of rotatable bonds is 5. The van der Waals surface area contributed by atoms with Crippen LogP contribution < -0.4 is 0 Å². The van der Waals surface area contributed by atoms with Gasteiger partial charge in [-0.05, 0) is 48.2 Å². The van der Waals surface area contributed by atoms with Crippen molar-refractivity contribution in [3.63, 3.8) is 0 Å². The molecule has 0 saturated heterocycles. The maximum absolute atomic E-state index is 7.81. The number of para-hydroxylation sites is 3. The molecule has 4 nitrogen and oxygen atoms in total. The van der Waals surface area contributed by atoms with Crippen molar-refractivity contribution >= 4 is 22.0 Å². The van der Waals surface area contributed by atoms with E-state index in [0.717, 1.165) is 55.6 Å². The summed E-state index contributed by atoms with van der Waals surface area (Å²) >= 11 is 0. The number of furan rings is 1. The first kappa shape index (κ1) is 26.9. The number of hydrogen-bond donors (Lipinski definition) is 0. The van der Waals surface area contributed by atoms with Crippen LogP contribution in [0.5, 0.6) is 0 Å². The molecule has 9 rings (SSSR count). The van der Waals surface area contributed by atoms with Gasteiger partial charge < -0.3 is 14.0 Å². The van der Waals surface area contributed by atoms with Crippen molar-refractivity contribution in [1.82, 2.24) is 14.5 Å².